The Labute approximate surface area is 80.5 Å². The molecule has 0 unspecified atom stereocenters. The zero-order valence-electron chi connectivity index (χ0n) is 6.27. The number of hydrogen-bond donors (Lipinski definition) is 1. The summed E-state index contributed by atoms with van der Waals surface area (Å²) in [6.07, 6.45) is 1.80. The number of rotatable bonds is 1. The first-order chi connectivity index (χ1) is 5.86. The third-order valence-corrected chi connectivity index (χ3v) is 2.84. The van der Waals surface area contributed by atoms with Gasteiger partial charge >= 0.3 is 0 Å². The Balaban J connectivity index is 2.45. The Morgan fingerprint density at radius 1 is 1.17 bits per heavy atom. The van der Waals surface area contributed by atoms with Gasteiger partial charge in [0.1, 0.15) is 0 Å². The van der Waals surface area contributed by atoms with Crippen LogP contribution in [0.4, 0.5) is 0 Å². The fraction of sp³-hybridized carbons (Fsp3) is 0. The molecule has 0 atom stereocenters. The fourth-order valence-corrected chi connectivity index (χ4v) is 2.07. The van der Waals surface area contributed by atoms with Crippen LogP contribution in [0.1, 0.15) is 0 Å². The van der Waals surface area contributed by atoms with Gasteiger partial charge in [-0.05, 0) is 24.3 Å². The Bertz CT molecular complexity index is 367. The van der Waals surface area contributed by atoms with E-state index in [0.29, 0.717) is 0 Å². The highest BCUT2D eigenvalue weighted by Crippen LogP contribution is 2.27. The second-order valence-electron chi connectivity index (χ2n) is 2.35. The average Bonchev–Trinajstić information content (AvgIpc) is 2.54. The molecular formula is C9H7NS2. The minimum atomic E-state index is 1.02. The van der Waals surface area contributed by atoms with Crippen LogP contribution in [0.25, 0.3) is 10.6 Å². The normalized spacial score (nSPS) is 10.1. The van der Waals surface area contributed by atoms with Crippen LogP contribution in [-0.2, 0) is 0 Å². The van der Waals surface area contributed by atoms with Gasteiger partial charge in [0.05, 0.1) is 14.8 Å². The number of thiol groups is 1. The van der Waals surface area contributed by atoms with Crippen LogP contribution in [0.2, 0.25) is 0 Å². The number of pyridine rings is 1. The molecule has 1 nitrogen and oxygen atoms in total. The van der Waals surface area contributed by atoms with E-state index in [4.69, 9.17) is 0 Å². The Hall–Kier alpha value is -0.800. The molecule has 0 fully saturated rings. The molecule has 60 valence electrons. The summed E-state index contributed by atoms with van der Waals surface area (Å²) in [5.74, 6) is 0. The second kappa shape index (κ2) is 3.29. The number of aromatic nitrogens is 1. The van der Waals surface area contributed by atoms with Gasteiger partial charge in [0.25, 0.3) is 0 Å². The standard InChI is InChI=1S/C9H7NS2/c11-9-5-4-8(12-9)7-3-1-2-6-10-7/h1-6,11H. The molecular weight excluding hydrogens is 186 g/mol. The summed E-state index contributed by atoms with van der Waals surface area (Å²) in [6, 6.07) is 9.92. The van der Waals surface area contributed by atoms with Crippen LogP contribution in [-0.4, -0.2) is 4.98 Å². The SMILES string of the molecule is Sc1ccc(-c2ccccn2)s1. The van der Waals surface area contributed by atoms with E-state index in [0.717, 1.165) is 9.90 Å². The van der Waals surface area contributed by atoms with Crippen LogP contribution in [0.15, 0.2) is 40.7 Å². The van der Waals surface area contributed by atoms with Crippen LogP contribution in [0.3, 0.4) is 0 Å². The van der Waals surface area contributed by atoms with E-state index in [9.17, 15) is 0 Å². The minimum absolute atomic E-state index is 1.02. The van der Waals surface area contributed by atoms with Gasteiger partial charge in [-0.25, -0.2) is 0 Å². The average molecular weight is 193 g/mol. The fourth-order valence-electron chi connectivity index (χ4n) is 0.974. The van der Waals surface area contributed by atoms with Gasteiger partial charge in [0, 0.05) is 6.20 Å². The lowest BCUT2D eigenvalue weighted by Crippen LogP contribution is -1.75. The van der Waals surface area contributed by atoms with E-state index in [1.165, 1.54) is 4.88 Å². The van der Waals surface area contributed by atoms with Gasteiger partial charge in [0.2, 0.25) is 0 Å². The van der Waals surface area contributed by atoms with E-state index in [2.05, 4.69) is 17.6 Å². The van der Waals surface area contributed by atoms with E-state index in [1.54, 1.807) is 17.5 Å². The van der Waals surface area contributed by atoms with Crippen molar-refractivity contribution < 1.29 is 0 Å². The maximum Gasteiger partial charge on any atom is 0.0802 e. The predicted octanol–water partition coefficient (Wildman–Crippen LogP) is 3.10. The van der Waals surface area contributed by atoms with Gasteiger partial charge in [-0.1, -0.05) is 6.07 Å². The molecule has 2 aromatic heterocycles. The highest BCUT2D eigenvalue weighted by Gasteiger charge is 1.99. The molecule has 0 aromatic carbocycles. The molecule has 2 heterocycles. The summed E-state index contributed by atoms with van der Waals surface area (Å²) < 4.78 is 1.02. The van der Waals surface area contributed by atoms with Gasteiger partial charge in [0.15, 0.2) is 0 Å². The Morgan fingerprint density at radius 3 is 2.67 bits per heavy atom. The molecule has 0 N–H and O–H groups in total. The van der Waals surface area contributed by atoms with Crippen molar-refractivity contribution in [3.8, 4) is 10.6 Å². The largest absolute Gasteiger partial charge is 0.255 e. The molecule has 2 aromatic rings. The third kappa shape index (κ3) is 1.52. The Kier molecular flexibility index (Phi) is 2.15. The molecule has 2 rings (SSSR count). The van der Waals surface area contributed by atoms with Crippen molar-refractivity contribution in [2.75, 3.05) is 0 Å². The van der Waals surface area contributed by atoms with Crippen molar-refractivity contribution in [2.24, 2.45) is 0 Å². The lowest BCUT2D eigenvalue weighted by Gasteiger charge is -1.92. The summed E-state index contributed by atoms with van der Waals surface area (Å²) in [4.78, 5) is 5.41. The van der Waals surface area contributed by atoms with Crippen molar-refractivity contribution in [2.45, 2.75) is 4.21 Å². The van der Waals surface area contributed by atoms with Crippen LogP contribution >= 0.6 is 24.0 Å². The summed E-state index contributed by atoms with van der Waals surface area (Å²) in [7, 11) is 0. The molecule has 0 aliphatic rings. The highest BCUT2D eigenvalue weighted by molar-refractivity contribution is 7.83. The smallest absolute Gasteiger partial charge is 0.0802 e. The molecule has 0 aliphatic heterocycles. The number of thiophene rings is 1. The summed E-state index contributed by atoms with van der Waals surface area (Å²) >= 11 is 5.89. The third-order valence-electron chi connectivity index (χ3n) is 1.51. The lowest BCUT2D eigenvalue weighted by atomic mass is 10.3. The molecule has 3 heteroatoms. The van der Waals surface area contributed by atoms with Crippen LogP contribution in [0.5, 0.6) is 0 Å². The molecule has 0 saturated carbocycles. The summed E-state index contributed by atoms with van der Waals surface area (Å²) in [6.45, 7) is 0. The van der Waals surface area contributed by atoms with Crippen molar-refractivity contribution in [1.29, 1.82) is 0 Å². The first kappa shape index (κ1) is 7.83. The van der Waals surface area contributed by atoms with Gasteiger partial charge in [-0.2, -0.15) is 0 Å². The number of nitrogens with zero attached hydrogens (tertiary/aromatic N) is 1. The van der Waals surface area contributed by atoms with Crippen molar-refractivity contribution in [1.82, 2.24) is 4.98 Å². The van der Waals surface area contributed by atoms with E-state index in [1.807, 2.05) is 30.3 Å². The molecule has 0 radical (unpaired) electrons. The van der Waals surface area contributed by atoms with E-state index < -0.39 is 0 Å². The minimum Gasteiger partial charge on any atom is -0.255 e. The zero-order valence-corrected chi connectivity index (χ0v) is 7.98. The van der Waals surface area contributed by atoms with Crippen molar-refractivity contribution >= 4 is 24.0 Å². The number of hydrogen-bond acceptors (Lipinski definition) is 3. The zero-order chi connectivity index (χ0) is 8.39. The Morgan fingerprint density at radius 2 is 2.08 bits per heavy atom. The van der Waals surface area contributed by atoms with Gasteiger partial charge < -0.3 is 0 Å². The second-order valence-corrected chi connectivity index (χ2v) is 4.22. The predicted molar refractivity (Wildman–Crippen MR) is 54.8 cm³/mol. The first-order valence-corrected chi connectivity index (χ1v) is 4.83. The van der Waals surface area contributed by atoms with Crippen molar-refractivity contribution in [3.05, 3.63) is 36.5 Å². The van der Waals surface area contributed by atoms with Crippen molar-refractivity contribution in [3.63, 3.8) is 0 Å². The topological polar surface area (TPSA) is 12.9 Å². The summed E-state index contributed by atoms with van der Waals surface area (Å²) in [5.41, 5.74) is 1.02. The van der Waals surface area contributed by atoms with Gasteiger partial charge in [-0.15, -0.1) is 24.0 Å². The maximum absolute atomic E-state index is 4.25. The molecule has 0 saturated heterocycles. The molecule has 12 heavy (non-hydrogen) atoms. The van der Waals surface area contributed by atoms with E-state index in [-0.39, 0.29) is 0 Å². The van der Waals surface area contributed by atoms with E-state index >= 15 is 0 Å². The maximum atomic E-state index is 4.25. The van der Waals surface area contributed by atoms with Crippen LogP contribution < -0.4 is 0 Å². The molecule has 0 bridgehead atoms. The first-order valence-electron chi connectivity index (χ1n) is 3.56. The monoisotopic (exact) mass is 193 g/mol. The quantitative estimate of drug-likeness (QED) is 0.687. The lowest BCUT2D eigenvalue weighted by molar-refractivity contribution is 1.34. The molecule has 0 amide bonds. The highest BCUT2D eigenvalue weighted by atomic mass is 32.2. The molecule has 0 aliphatic carbocycles. The van der Waals surface area contributed by atoms with Gasteiger partial charge in [-0.3, -0.25) is 4.98 Å². The molecule has 0 spiro atoms. The summed E-state index contributed by atoms with van der Waals surface area (Å²) in [5, 5.41) is 0. The van der Waals surface area contributed by atoms with Crippen LogP contribution in [0, 0.1) is 0 Å².